The molecule has 0 spiro atoms. The van der Waals surface area contributed by atoms with E-state index < -0.39 is 23.4 Å². The van der Waals surface area contributed by atoms with Crippen LogP contribution in [0.1, 0.15) is 16.1 Å². The summed E-state index contributed by atoms with van der Waals surface area (Å²) in [5, 5.41) is 13.5. The Morgan fingerprint density at radius 3 is 2.30 bits per heavy atom. The Bertz CT molecular complexity index is 624. The number of Topliss-reactive ketones (excluding diaryl/α,β-unsaturated/α-hetero) is 1. The van der Waals surface area contributed by atoms with E-state index in [4.69, 9.17) is 0 Å². The third-order valence-electron chi connectivity index (χ3n) is 2.52. The second-order valence-corrected chi connectivity index (χ2v) is 3.86. The fourth-order valence-electron chi connectivity index (χ4n) is 1.67. The molecule has 1 N–H and O–H groups in total. The number of ketones is 1. The molecule has 0 aliphatic rings. The fourth-order valence-corrected chi connectivity index (χ4v) is 1.67. The molecule has 1 radical (unpaired) electrons. The van der Waals surface area contributed by atoms with Crippen molar-refractivity contribution < 1.29 is 40.1 Å². The standard InChI is InChI=1S/C12H9F3N2O2.Cu/c1-7-9(10(18)12(13,14)15)11(19)17(16-7)8-5-3-2-4-6-8;/h2-6,19H,1H3;. The van der Waals surface area contributed by atoms with Crippen LogP contribution in [-0.2, 0) is 17.1 Å². The van der Waals surface area contributed by atoms with Crippen molar-refractivity contribution in [2.24, 2.45) is 0 Å². The van der Waals surface area contributed by atoms with Crippen molar-refractivity contribution in [3.8, 4) is 11.6 Å². The number of alkyl halides is 3. The minimum Gasteiger partial charge on any atom is -0.493 e. The molecule has 1 aromatic carbocycles. The second-order valence-electron chi connectivity index (χ2n) is 3.86. The zero-order chi connectivity index (χ0) is 14.2. The molecule has 0 atom stereocenters. The van der Waals surface area contributed by atoms with Crippen molar-refractivity contribution in [2.75, 3.05) is 0 Å². The Labute approximate surface area is 122 Å². The van der Waals surface area contributed by atoms with Gasteiger partial charge in [0.05, 0.1) is 11.4 Å². The first-order valence-corrected chi connectivity index (χ1v) is 5.28. The van der Waals surface area contributed by atoms with E-state index in [1.807, 2.05) is 0 Å². The van der Waals surface area contributed by atoms with Crippen LogP contribution >= 0.6 is 0 Å². The number of aromatic hydroxyl groups is 1. The first kappa shape index (κ1) is 16.3. The first-order chi connectivity index (χ1) is 8.82. The molecule has 0 aliphatic carbocycles. The van der Waals surface area contributed by atoms with E-state index in [0.29, 0.717) is 5.69 Å². The van der Waals surface area contributed by atoms with E-state index in [2.05, 4.69) is 5.10 Å². The minimum atomic E-state index is -5.05. The molecule has 0 aliphatic heterocycles. The number of hydrogen-bond acceptors (Lipinski definition) is 3. The van der Waals surface area contributed by atoms with Crippen LogP contribution in [0.4, 0.5) is 13.2 Å². The number of hydrogen-bond donors (Lipinski definition) is 1. The summed E-state index contributed by atoms with van der Waals surface area (Å²) in [5.74, 6) is -2.92. The number of aromatic nitrogens is 2. The van der Waals surface area contributed by atoms with Gasteiger partial charge in [-0.05, 0) is 19.1 Å². The van der Waals surface area contributed by atoms with Crippen molar-refractivity contribution in [2.45, 2.75) is 13.1 Å². The summed E-state index contributed by atoms with van der Waals surface area (Å²) < 4.78 is 38.1. The van der Waals surface area contributed by atoms with Crippen molar-refractivity contribution in [3.05, 3.63) is 41.6 Å². The molecule has 0 saturated heterocycles. The molecule has 20 heavy (non-hydrogen) atoms. The quantitative estimate of drug-likeness (QED) is 0.679. The van der Waals surface area contributed by atoms with Crippen LogP contribution in [0.25, 0.3) is 5.69 Å². The monoisotopic (exact) mass is 333 g/mol. The molecular weight excluding hydrogens is 325 g/mol. The molecule has 0 amide bonds. The van der Waals surface area contributed by atoms with Gasteiger partial charge in [0, 0.05) is 17.1 Å². The van der Waals surface area contributed by atoms with E-state index in [9.17, 15) is 23.1 Å². The van der Waals surface area contributed by atoms with Gasteiger partial charge < -0.3 is 5.11 Å². The maximum absolute atomic E-state index is 12.4. The van der Waals surface area contributed by atoms with Crippen LogP contribution in [0.15, 0.2) is 30.3 Å². The summed E-state index contributed by atoms with van der Waals surface area (Å²) in [5.41, 5.74) is -0.635. The fraction of sp³-hybridized carbons (Fsp3) is 0.167. The summed E-state index contributed by atoms with van der Waals surface area (Å²) >= 11 is 0. The number of rotatable bonds is 2. The van der Waals surface area contributed by atoms with Gasteiger partial charge in [-0.3, -0.25) is 4.79 Å². The van der Waals surface area contributed by atoms with Gasteiger partial charge in [0.25, 0.3) is 5.78 Å². The third kappa shape index (κ3) is 2.86. The molecule has 2 aromatic rings. The number of halogens is 3. The van der Waals surface area contributed by atoms with Gasteiger partial charge in [-0.15, -0.1) is 0 Å². The summed E-state index contributed by atoms with van der Waals surface area (Å²) in [6.07, 6.45) is -5.05. The average molecular weight is 334 g/mol. The molecule has 4 nitrogen and oxygen atoms in total. The number of nitrogens with zero attached hydrogens (tertiary/aromatic N) is 2. The van der Waals surface area contributed by atoms with Crippen molar-refractivity contribution >= 4 is 5.78 Å². The Kier molecular flexibility index (Phi) is 4.62. The van der Waals surface area contributed by atoms with Gasteiger partial charge in [0.1, 0.15) is 5.56 Å². The zero-order valence-electron chi connectivity index (χ0n) is 10.1. The molecule has 1 heterocycles. The van der Waals surface area contributed by atoms with Gasteiger partial charge >= 0.3 is 6.18 Å². The second kappa shape index (κ2) is 5.68. The summed E-state index contributed by atoms with van der Waals surface area (Å²) in [7, 11) is 0. The molecule has 0 fully saturated rings. The molecule has 0 saturated carbocycles. The minimum absolute atomic E-state index is 0. The Balaban J connectivity index is 0.00000200. The van der Waals surface area contributed by atoms with Crippen LogP contribution < -0.4 is 0 Å². The normalized spacial score (nSPS) is 11.0. The topological polar surface area (TPSA) is 55.1 Å². The van der Waals surface area contributed by atoms with Gasteiger partial charge in [-0.2, -0.15) is 18.3 Å². The molecule has 1 aromatic heterocycles. The van der Waals surface area contributed by atoms with Crippen LogP contribution in [0.5, 0.6) is 5.88 Å². The van der Waals surface area contributed by atoms with Crippen molar-refractivity contribution in [3.63, 3.8) is 0 Å². The number of carbonyl (C=O) groups is 1. The van der Waals surface area contributed by atoms with Gasteiger partial charge in [0.15, 0.2) is 0 Å². The third-order valence-corrected chi connectivity index (χ3v) is 2.52. The molecule has 0 bridgehead atoms. The summed E-state index contributed by atoms with van der Waals surface area (Å²) in [6.45, 7) is 1.23. The largest absolute Gasteiger partial charge is 0.493 e. The maximum atomic E-state index is 12.4. The predicted molar refractivity (Wildman–Crippen MR) is 60.4 cm³/mol. The van der Waals surface area contributed by atoms with E-state index in [-0.39, 0.29) is 22.8 Å². The smallest absolute Gasteiger partial charge is 0.455 e. The summed E-state index contributed by atoms with van der Waals surface area (Å²) in [4.78, 5) is 11.2. The van der Waals surface area contributed by atoms with E-state index in [0.717, 1.165) is 4.68 Å². The van der Waals surface area contributed by atoms with Crippen LogP contribution in [0.2, 0.25) is 0 Å². The maximum Gasteiger partial charge on any atom is 0.455 e. The first-order valence-electron chi connectivity index (χ1n) is 5.28. The van der Waals surface area contributed by atoms with E-state index in [1.165, 1.54) is 6.92 Å². The number of aryl methyl sites for hydroxylation is 1. The number of carbonyl (C=O) groups excluding carboxylic acids is 1. The Morgan fingerprint density at radius 1 is 1.25 bits per heavy atom. The summed E-state index contributed by atoms with van der Waals surface area (Å²) in [6, 6.07) is 8.08. The zero-order valence-corrected chi connectivity index (χ0v) is 11.0. The molecule has 2 rings (SSSR count). The molecular formula is C12H9CuF3N2O2. The number of para-hydroxylation sites is 1. The van der Waals surface area contributed by atoms with E-state index >= 15 is 0 Å². The van der Waals surface area contributed by atoms with Crippen LogP contribution in [-0.4, -0.2) is 26.8 Å². The Morgan fingerprint density at radius 2 is 1.80 bits per heavy atom. The van der Waals surface area contributed by atoms with Crippen molar-refractivity contribution in [1.82, 2.24) is 9.78 Å². The van der Waals surface area contributed by atoms with Crippen LogP contribution in [0, 0.1) is 6.92 Å². The van der Waals surface area contributed by atoms with Gasteiger partial charge in [-0.25, -0.2) is 4.68 Å². The predicted octanol–water partition coefficient (Wildman–Crippen LogP) is 2.63. The van der Waals surface area contributed by atoms with E-state index in [1.54, 1.807) is 30.3 Å². The van der Waals surface area contributed by atoms with Crippen LogP contribution in [0.3, 0.4) is 0 Å². The number of benzene rings is 1. The van der Waals surface area contributed by atoms with Gasteiger partial charge in [0.2, 0.25) is 5.88 Å². The molecule has 111 valence electrons. The van der Waals surface area contributed by atoms with Gasteiger partial charge in [-0.1, -0.05) is 18.2 Å². The molecule has 8 heteroatoms. The SMILES string of the molecule is Cc1nn(-c2ccccc2)c(O)c1C(=O)C(F)(F)F.[Cu]. The Hall–Kier alpha value is -1.79. The average Bonchev–Trinajstić information content (AvgIpc) is 2.64. The van der Waals surface area contributed by atoms with Crippen molar-refractivity contribution in [1.29, 1.82) is 0 Å². The molecule has 0 unspecified atom stereocenters.